The summed E-state index contributed by atoms with van der Waals surface area (Å²) in [6.45, 7) is 0. The van der Waals surface area contributed by atoms with Gasteiger partial charge < -0.3 is 5.73 Å². The topological polar surface area (TPSA) is 26.0 Å². The summed E-state index contributed by atoms with van der Waals surface area (Å²) in [6.07, 6.45) is 11.5. The third kappa shape index (κ3) is 2.60. The fraction of sp³-hybridized carbons (Fsp3) is 1.00. The second-order valence-electron chi connectivity index (χ2n) is 4.66. The van der Waals surface area contributed by atoms with Crippen molar-refractivity contribution in [2.24, 2.45) is 17.6 Å². The normalized spacial score (nSPS) is 35.8. The lowest BCUT2D eigenvalue weighted by Crippen LogP contribution is -2.31. The van der Waals surface area contributed by atoms with Crippen molar-refractivity contribution in [3.8, 4) is 0 Å². The molecule has 2 rings (SSSR count). The molecule has 1 nitrogen and oxygen atoms in total. The van der Waals surface area contributed by atoms with Gasteiger partial charge in [0.25, 0.3) is 0 Å². The highest BCUT2D eigenvalue weighted by molar-refractivity contribution is 5.85. The molecule has 0 saturated heterocycles. The van der Waals surface area contributed by atoms with Gasteiger partial charge in [0.15, 0.2) is 0 Å². The summed E-state index contributed by atoms with van der Waals surface area (Å²) in [6, 6.07) is 0.549. The third-order valence-corrected chi connectivity index (χ3v) is 3.88. The molecule has 0 heterocycles. The highest BCUT2D eigenvalue weighted by Gasteiger charge is 2.31. The van der Waals surface area contributed by atoms with Gasteiger partial charge in [0.2, 0.25) is 0 Å². The maximum atomic E-state index is 6.11. The van der Waals surface area contributed by atoms with Crippen LogP contribution in [0.1, 0.15) is 51.4 Å². The van der Waals surface area contributed by atoms with Gasteiger partial charge in [-0.1, -0.05) is 38.5 Å². The number of nitrogens with two attached hydrogens (primary N) is 1. The Balaban J connectivity index is 0.000000845. The Hall–Kier alpha value is 0.250. The van der Waals surface area contributed by atoms with Gasteiger partial charge in [0.05, 0.1) is 0 Å². The lowest BCUT2D eigenvalue weighted by Gasteiger charge is -2.29. The van der Waals surface area contributed by atoms with E-state index in [2.05, 4.69) is 0 Å². The first kappa shape index (κ1) is 11.3. The van der Waals surface area contributed by atoms with Crippen molar-refractivity contribution in [2.45, 2.75) is 57.4 Å². The number of halogens is 1. The quantitative estimate of drug-likeness (QED) is 0.697. The largest absolute Gasteiger partial charge is 0.327 e. The van der Waals surface area contributed by atoms with E-state index < -0.39 is 0 Å². The monoisotopic (exact) mass is 203 g/mol. The van der Waals surface area contributed by atoms with Gasteiger partial charge in [-0.15, -0.1) is 12.4 Å². The fourth-order valence-electron chi connectivity index (χ4n) is 3.17. The number of hydrogen-bond donors (Lipinski definition) is 1. The van der Waals surface area contributed by atoms with Gasteiger partial charge in [-0.2, -0.15) is 0 Å². The minimum atomic E-state index is 0. The molecule has 0 bridgehead atoms. The smallest absolute Gasteiger partial charge is 0.00698 e. The van der Waals surface area contributed by atoms with E-state index in [-0.39, 0.29) is 12.4 Å². The highest BCUT2D eigenvalue weighted by Crippen LogP contribution is 2.38. The van der Waals surface area contributed by atoms with E-state index in [9.17, 15) is 0 Å². The zero-order valence-electron chi connectivity index (χ0n) is 8.37. The van der Waals surface area contributed by atoms with Gasteiger partial charge in [0.1, 0.15) is 0 Å². The van der Waals surface area contributed by atoms with Gasteiger partial charge in [-0.05, 0) is 24.7 Å². The van der Waals surface area contributed by atoms with E-state index in [4.69, 9.17) is 5.73 Å². The first-order chi connectivity index (χ1) is 5.88. The summed E-state index contributed by atoms with van der Waals surface area (Å²) in [5, 5.41) is 0. The lowest BCUT2D eigenvalue weighted by atomic mass is 9.78. The second-order valence-corrected chi connectivity index (χ2v) is 4.66. The Morgan fingerprint density at radius 2 is 1.46 bits per heavy atom. The van der Waals surface area contributed by atoms with Crippen molar-refractivity contribution in [3.63, 3.8) is 0 Å². The van der Waals surface area contributed by atoms with Crippen LogP contribution in [0.15, 0.2) is 0 Å². The van der Waals surface area contributed by atoms with Crippen LogP contribution in [0.5, 0.6) is 0 Å². The predicted molar refractivity (Wildman–Crippen MR) is 59.1 cm³/mol. The molecular formula is C11H22ClN. The molecule has 13 heavy (non-hydrogen) atoms. The standard InChI is InChI=1S/C11H21N.ClH/c12-11-8-4-7-10(11)9-5-2-1-3-6-9;/h9-11H,1-8,12H2;1H. The van der Waals surface area contributed by atoms with Crippen LogP contribution in [0.4, 0.5) is 0 Å². The van der Waals surface area contributed by atoms with E-state index in [1.54, 1.807) is 0 Å². The lowest BCUT2D eigenvalue weighted by molar-refractivity contribution is 0.234. The van der Waals surface area contributed by atoms with Crippen LogP contribution in [-0.2, 0) is 0 Å². The second kappa shape index (κ2) is 5.21. The van der Waals surface area contributed by atoms with Crippen molar-refractivity contribution in [1.82, 2.24) is 0 Å². The molecule has 2 atom stereocenters. The van der Waals surface area contributed by atoms with Gasteiger partial charge in [0, 0.05) is 6.04 Å². The molecule has 0 aromatic heterocycles. The SMILES string of the molecule is Cl.NC1CCCC1C1CCCCC1. The first-order valence-corrected chi connectivity index (χ1v) is 5.63. The van der Waals surface area contributed by atoms with Crippen molar-refractivity contribution >= 4 is 12.4 Å². The van der Waals surface area contributed by atoms with Crippen LogP contribution in [-0.4, -0.2) is 6.04 Å². The van der Waals surface area contributed by atoms with Gasteiger partial charge in [-0.3, -0.25) is 0 Å². The van der Waals surface area contributed by atoms with Crippen LogP contribution in [0.3, 0.4) is 0 Å². The van der Waals surface area contributed by atoms with Gasteiger partial charge in [-0.25, -0.2) is 0 Å². The molecule has 2 N–H and O–H groups in total. The average molecular weight is 204 g/mol. The average Bonchev–Trinajstić information content (AvgIpc) is 2.53. The summed E-state index contributed by atoms with van der Waals surface area (Å²) in [5.74, 6) is 1.89. The van der Waals surface area contributed by atoms with Gasteiger partial charge >= 0.3 is 0 Å². The molecule has 2 unspecified atom stereocenters. The van der Waals surface area contributed by atoms with Crippen LogP contribution in [0, 0.1) is 11.8 Å². The molecular weight excluding hydrogens is 182 g/mol. The Morgan fingerprint density at radius 1 is 0.769 bits per heavy atom. The Labute approximate surface area is 87.9 Å². The minimum absolute atomic E-state index is 0. The zero-order valence-corrected chi connectivity index (χ0v) is 9.19. The van der Waals surface area contributed by atoms with E-state index in [1.165, 1.54) is 51.4 Å². The van der Waals surface area contributed by atoms with E-state index in [0.29, 0.717) is 6.04 Å². The predicted octanol–water partition coefficient (Wildman–Crippen LogP) is 3.12. The zero-order chi connectivity index (χ0) is 8.39. The van der Waals surface area contributed by atoms with E-state index >= 15 is 0 Å². The highest BCUT2D eigenvalue weighted by atomic mass is 35.5. The molecule has 0 amide bonds. The third-order valence-electron chi connectivity index (χ3n) is 3.88. The first-order valence-electron chi connectivity index (χ1n) is 5.63. The molecule has 0 aromatic carbocycles. The van der Waals surface area contributed by atoms with E-state index in [0.717, 1.165) is 11.8 Å². The van der Waals surface area contributed by atoms with Crippen molar-refractivity contribution < 1.29 is 0 Å². The number of hydrogen-bond acceptors (Lipinski definition) is 1. The minimum Gasteiger partial charge on any atom is -0.327 e. The van der Waals surface area contributed by atoms with Crippen molar-refractivity contribution in [3.05, 3.63) is 0 Å². The maximum Gasteiger partial charge on any atom is 0.00698 e. The van der Waals surface area contributed by atoms with Crippen LogP contribution in [0.2, 0.25) is 0 Å². The molecule has 0 aromatic rings. The summed E-state index contributed by atoms with van der Waals surface area (Å²) in [4.78, 5) is 0. The molecule has 0 aliphatic heterocycles. The summed E-state index contributed by atoms with van der Waals surface area (Å²) >= 11 is 0. The molecule has 2 heteroatoms. The van der Waals surface area contributed by atoms with Crippen LogP contribution in [0.25, 0.3) is 0 Å². The van der Waals surface area contributed by atoms with Crippen LogP contribution >= 0.6 is 12.4 Å². The molecule has 2 aliphatic rings. The molecule has 2 aliphatic carbocycles. The molecule has 78 valence electrons. The Morgan fingerprint density at radius 3 is 2.00 bits per heavy atom. The molecule has 2 fully saturated rings. The van der Waals surface area contributed by atoms with Crippen LogP contribution < -0.4 is 5.73 Å². The van der Waals surface area contributed by atoms with E-state index in [1.807, 2.05) is 0 Å². The molecule has 0 radical (unpaired) electrons. The maximum absolute atomic E-state index is 6.11. The fourth-order valence-corrected chi connectivity index (χ4v) is 3.17. The molecule has 2 saturated carbocycles. The Bertz CT molecular complexity index is 143. The summed E-state index contributed by atoms with van der Waals surface area (Å²) < 4.78 is 0. The van der Waals surface area contributed by atoms with Crippen molar-refractivity contribution in [2.75, 3.05) is 0 Å². The number of rotatable bonds is 1. The summed E-state index contributed by atoms with van der Waals surface area (Å²) in [5.41, 5.74) is 6.11. The Kier molecular flexibility index (Phi) is 4.54. The molecule has 0 spiro atoms. The van der Waals surface area contributed by atoms with Crippen molar-refractivity contribution in [1.29, 1.82) is 0 Å². The summed E-state index contributed by atoms with van der Waals surface area (Å²) in [7, 11) is 0.